The van der Waals surface area contributed by atoms with E-state index in [1.807, 2.05) is 6.92 Å². The molecule has 6 nitrogen and oxygen atoms in total. The Kier molecular flexibility index (Phi) is 5.91. The van der Waals surface area contributed by atoms with Crippen LogP contribution in [0.25, 0.3) is 0 Å². The average Bonchev–Trinajstić information content (AvgIpc) is 1.98. The number of likely N-dealkylation sites (N-methyl/N-ethyl adjacent to an activating group) is 1. The van der Waals surface area contributed by atoms with Gasteiger partial charge in [0.05, 0.1) is 12.8 Å². The normalized spacial score (nSPS) is 12.5. The summed E-state index contributed by atoms with van der Waals surface area (Å²) in [5, 5.41) is 5.53. The molecule has 0 saturated carbocycles. The highest BCUT2D eigenvalue weighted by Gasteiger charge is 2.21. The molecule has 0 aliphatic heterocycles. The molecule has 0 bridgehead atoms. The second-order valence-corrected chi connectivity index (χ2v) is 6.06. The molecule has 0 spiro atoms. The molecule has 0 rings (SSSR count). The maximum Gasteiger partial charge on any atom is 0.233 e. The van der Waals surface area contributed by atoms with Gasteiger partial charge in [-0.1, -0.05) is 0 Å². The van der Waals surface area contributed by atoms with Crippen molar-refractivity contribution in [3.8, 4) is 0 Å². The quantitative estimate of drug-likeness (QED) is 0.544. The van der Waals surface area contributed by atoms with E-state index in [0.29, 0.717) is 13.1 Å². The van der Waals surface area contributed by atoms with Crippen LogP contribution in [-0.2, 0) is 14.8 Å². The van der Waals surface area contributed by atoms with Gasteiger partial charge in [0.1, 0.15) is 0 Å². The summed E-state index contributed by atoms with van der Waals surface area (Å²) in [7, 11) is -3.23. The Bertz CT molecular complexity index is 325. The van der Waals surface area contributed by atoms with Crippen LogP contribution >= 0.6 is 0 Å². The first-order valence-corrected chi connectivity index (χ1v) is 7.02. The molecule has 0 atom stereocenters. The van der Waals surface area contributed by atoms with E-state index in [1.165, 1.54) is 0 Å². The fourth-order valence-electron chi connectivity index (χ4n) is 1.29. The maximum atomic E-state index is 11.1. The summed E-state index contributed by atoms with van der Waals surface area (Å²) in [4.78, 5) is 11.1. The number of sulfonamides is 1. The Balaban J connectivity index is 3.96. The number of carbonyl (C=O) groups excluding carboxylic acids is 1. The summed E-state index contributed by atoms with van der Waals surface area (Å²) in [5.74, 6) is -0.0994. The lowest BCUT2D eigenvalue weighted by Gasteiger charge is -2.25. The standard InChI is InChI=1S/C9H21N3O3S/c1-5-11-8(13)6-10-7-9(2,3)12-16(4,14)15/h10,12H,5-7H2,1-4H3,(H,11,13). The zero-order chi connectivity index (χ0) is 12.8. The van der Waals surface area contributed by atoms with Gasteiger partial charge in [0.25, 0.3) is 0 Å². The summed E-state index contributed by atoms with van der Waals surface area (Å²) in [5.41, 5.74) is -0.611. The zero-order valence-corrected chi connectivity index (χ0v) is 11.1. The van der Waals surface area contributed by atoms with E-state index in [1.54, 1.807) is 13.8 Å². The Hall–Kier alpha value is -0.660. The van der Waals surface area contributed by atoms with Crippen molar-refractivity contribution in [3.05, 3.63) is 0 Å². The summed E-state index contributed by atoms with van der Waals surface area (Å²) in [6, 6.07) is 0. The van der Waals surface area contributed by atoms with Crippen LogP contribution in [0.2, 0.25) is 0 Å². The fraction of sp³-hybridized carbons (Fsp3) is 0.889. The van der Waals surface area contributed by atoms with E-state index in [-0.39, 0.29) is 12.5 Å². The molecule has 0 heterocycles. The van der Waals surface area contributed by atoms with Gasteiger partial charge in [-0.2, -0.15) is 0 Å². The van der Waals surface area contributed by atoms with Crippen LogP contribution in [0.1, 0.15) is 20.8 Å². The number of hydrogen-bond donors (Lipinski definition) is 3. The van der Waals surface area contributed by atoms with Gasteiger partial charge in [-0.3, -0.25) is 4.79 Å². The Morgan fingerprint density at radius 3 is 2.31 bits per heavy atom. The maximum absolute atomic E-state index is 11.1. The second-order valence-electron chi connectivity index (χ2n) is 4.32. The SMILES string of the molecule is CCNC(=O)CNCC(C)(C)NS(C)(=O)=O. The van der Waals surface area contributed by atoms with Crippen molar-refractivity contribution in [2.75, 3.05) is 25.9 Å². The fourth-order valence-corrected chi connectivity index (χ4v) is 2.36. The molecule has 0 unspecified atom stereocenters. The molecule has 0 fully saturated rings. The van der Waals surface area contributed by atoms with Crippen molar-refractivity contribution in [1.82, 2.24) is 15.4 Å². The first kappa shape index (κ1) is 15.3. The number of nitrogens with one attached hydrogen (secondary N) is 3. The van der Waals surface area contributed by atoms with Gasteiger partial charge in [0.2, 0.25) is 15.9 Å². The monoisotopic (exact) mass is 251 g/mol. The lowest BCUT2D eigenvalue weighted by Crippen LogP contribution is -2.51. The molecule has 7 heteroatoms. The number of rotatable bonds is 7. The van der Waals surface area contributed by atoms with Crippen molar-refractivity contribution in [3.63, 3.8) is 0 Å². The van der Waals surface area contributed by atoms with Crippen LogP contribution in [-0.4, -0.2) is 45.8 Å². The smallest absolute Gasteiger partial charge is 0.233 e. The van der Waals surface area contributed by atoms with Gasteiger partial charge in [-0.25, -0.2) is 13.1 Å². The number of carbonyl (C=O) groups is 1. The molecule has 16 heavy (non-hydrogen) atoms. The van der Waals surface area contributed by atoms with E-state index < -0.39 is 15.6 Å². The van der Waals surface area contributed by atoms with Crippen LogP contribution in [0.3, 0.4) is 0 Å². The van der Waals surface area contributed by atoms with Gasteiger partial charge < -0.3 is 10.6 Å². The van der Waals surface area contributed by atoms with Crippen LogP contribution in [0.15, 0.2) is 0 Å². The Morgan fingerprint density at radius 1 is 1.31 bits per heavy atom. The van der Waals surface area contributed by atoms with E-state index in [9.17, 15) is 13.2 Å². The third-order valence-electron chi connectivity index (χ3n) is 1.69. The van der Waals surface area contributed by atoms with E-state index >= 15 is 0 Å². The minimum absolute atomic E-state index is 0.0994. The lowest BCUT2D eigenvalue weighted by molar-refractivity contribution is -0.120. The van der Waals surface area contributed by atoms with E-state index in [4.69, 9.17) is 0 Å². The largest absolute Gasteiger partial charge is 0.355 e. The highest BCUT2D eigenvalue weighted by molar-refractivity contribution is 7.88. The Morgan fingerprint density at radius 2 is 1.88 bits per heavy atom. The van der Waals surface area contributed by atoms with Gasteiger partial charge in [-0.05, 0) is 20.8 Å². The predicted molar refractivity (Wildman–Crippen MR) is 63.6 cm³/mol. The van der Waals surface area contributed by atoms with Crippen molar-refractivity contribution in [2.24, 2.45) is 0 Å². The molecule has 0 aliphatic rings. The minimum Gasteiger partial charge on any atom is -0.355 e. The van der Waals surface area contributed by atoms with Gasteiger partial charge in [0.15, 0.2) is 0 Å². The molecular formula is C9H21N3O3S. The van der Waals surface area contributed by atoms with E-state index in [0.717, 1.165) is 6.26 Å². The van der Waals surface area contributed by atoms with Gasteiger partial charge >= 0.3 is 0 Å². The molecule has 0 radical (unpaired) electrons. The molecule has 0 saturated heterocycles. The summed E-state index contributed by atoms with van der Waals surface area (Å²) < 4.78 is 24.5. The summed E-state index contributed by atoms with van der Waals surface area (Å²) >= 11 is 0. The van der Waals surface area contributed by atoms with Crippen molar-refractivity contribution in [2.45, 2.75) is 26.3 Å². The Labute approximate surface area is 97.2 Å². The van der Waals surface area contributed by atoms with Crippen LogP contribution in [0.4, 0.5) is 0 Å². The molecule has 0 aromatic carbocycles. The molecule has 96 valence electrons. The van der Waals surface area contributed by atoms with Gasteiger partial charge in [-0.15, -0.1) is 0 Å². The molecular weight excluding hydrogens is 230 g/mol. The third-order valence-corrected chi connectivity index (χ3v) is 2.61. The molecule has 0 aromatic heterocycles. The highest BCUT2D eigenvalue weighted by atomic mass is 32.2. The topological polar surface area (TPSA) is 87.3 Å². The van der Waals surface area contributed by atoms with Crippen molar-refractivity contribution < 1.29 is 13.2 Å². The molecule has 1 amide bonds. The average molecular weight is 251 g/mol. The van der Waals surface area contributed by atoms with Crippen LogP contribution in [0, 0.1) is 0 Å². The zero-order valence-electron chi connectivity index (χ0n) is 10.3. The van der Waals surface area contributed by atoms with E-state index in [2.05, 4.69) is 15.4 Å². The number of amides is 1. The molecule has 0 aliphatic carbocycles. The van der Waals surface area contributed by atoms with Crippen molar-refractivity contribution in [1.29, 1.82) is 0 Å². The van der Waals surface area contributed by atoms with Gasteiger partial charge in [0, 0.05) is 18.6 Å². The van der Waals surface area contributed by atoms with Crippen LogP contribution in [0.5, 0.6) is 0 Å². The highest BCUT2D eigenvalue weighted by Crippen LogP contribution is 2.01. The van der Waals surface area contributed by atoms with Crippen LogP contribution < -0.4 is 15.4 Å². The first-order valence-electron chi connectivity index (χ1n) is 5.12. The third kappa shape index (κ3) is 8.63. The molecule has 0 aromatic rings. The lowest BCUT2D eigenvalue weighted by atomic mass is 10.1. The number of hydrogen-bond acceptors (Lipinski definition) is 4. The first-order chi connectivity index (χ1) is 7.16. The summed E-state index contributed by atoms with van der Waals surface area (Å²) in [6.07, 6.45) is 1.11. The molecule has 3 N–H and O–H groups in total. The van der Waals surface area contributed by atoms with Crippen molar-refractivity contribution >= 4 is 15.9 Å². The predicted octanol–water partition coefficient (Wildman–Crippen LogP) is -0.960. The second kappa shape index (κ2) is 6.17. The summed E-state index contributed by atoms with van der Waals surface area (Å²) in [6.45, 7) is 6.50. The minimum atomic E-state index is -3.23.